The quantitative estimate of drug-likeness (QED) is 0.716. The fraction of sp³-hybridized carbons (Fsp3) is 0.105. The van der Waals surface area contributed by atoms with Crippen LogP contribution in [0.15, 0.2) is 48.7 Å². The first-order chi connectivity index (χ1) is 13.6. The van der Waals surface area contributed by atoms with Crippen molar-refractivity contribution in [2.45, 2.75) is 0 Å². The molecule has 7 nitrogen and oxygen atoms in total. The summed E-state index contributed by atoms with van der Waals surface area (Å²) in [5.41, 5.74) is 0.862. The second-order valence-corrected chi connectivity index (χ2v) is 5.83. The van der Waals surface area contributed by atoms with Gasteiger partial charge in [-0.05, 0) is 30.3 Å². The van der Waals surface area contributed by atoms with Gasteiger partial charge in [0, 0.05) is 29.7 Å². The second-order valence-electron chi connectivity index (χ2n) is 5.83. The third-order valence-corrected chi connectivity index (χ3v) is 3.86. The number of anilines is 3. The Balaban J connectivity index is 1.49. The van der Waals surface area contributed by atoms with Crippen molar-refractivity contribution in [2.75, 3.05) is 23.8 Å². The van der Waals surface area contributed by atoms with Gasteiger partial charge in [0.15, 0.2) is 23.1 Å². The molecule has 1 amide bonds. The summed E-state index contributed by atoms with van der Waals surface area (Å²) in [6.07, 6.45) is 1.38. The zero-order valence-corrected chi connectivity index (χ0v) is 14.4. The van der Waals surface area contributed by atoms with Crippen LogP contribution in [-0.4, -0.2) is 29.1 Å². The standard InChI is InChI=1S/C19H14F2N4O3/c20-13-3-1-11(9-14(13)21)24-19-22-6-5-15(25-19)18(26)23-12-2-4-16-17(10-12)28-8-7-27-16/h1-6,9-10H,7-8H2,(H,23,26)(H,22,24,25). The predicted molar refractivity (Wildman–Crippen MR) is 97.1 cm³/mol. The molecule has 1 aliphatic rings. The van der Waals surface area contributed by atoms with Crippen molar-refractivity contribution < 1.29 is 23.0 Å². The summed E-state index contributed by atoms with van der Waals surface area (Å²) in [5, 5.41) is 5.44. The Hall–Kier alpha value is -3.75. The van der Waals surface area contributed by atoms with Gasteiger partial charge in [0.05, 0.1) is 0 Å². The van der Waals surface area contributed by atoms with E-state index in [-0.39, 0.29) is 17.3 Å². The predicted octanol–water partition coefficient (Wildman–Crippen LogP) is 3.52. The van der Waals surface area contributed by atoms with E-state index in [4.69, 9.17) is 9.47 Å². The summed E-state index contributed by atoms with van der Waals surface area (Å²) in [7, 11) is 0. The molecule has 0 saturated heterocycles. The van der Waals surface area contributed by atoms with Gasteiger partial charge in [0.2, 0.25) is 5.95 Å². The van der Waals surface area contributed by atoms with Crippen LogP contribution in [0.4, 0.5) is 26.1 Å². The van der Waals surface area contributed by atoms with Crippen LogP contribution in [0, 0.1) is 11.6 Å². The molecule has 2 aromatic carbocycles. The van der Waals surface area contributed by atoms with Gasteiger partial charge in [-0.3, -0.25) is 4.79 Å². The minimum atomic E-state index is -1.00. The molecule has 28 heavy (non-hydrogen) atoms. The molecule has 1 aromatic heterocycles. The number of carbonyl (C=O) groups is 1. The first-order valence-corrected chi connectivity index (χ1v) is 8.34. The Morgan fingerprint density at radius 1 is 0.929 bits per heavy atom. The topological polar surface area (TPSA) is 85.4 Å². The van der Waals surface area contributed by atoms with Crippen molar-refractivity contribution >= 4 is 23.2 Å². The van der Waals surface area contributed by atoms with Crippen LogP contribution < -0.4 is 20.1 Å². The zero-order chi connectivity index (χ0) is 19.5. The SMILES string of the molecule is O=C(Nc1ccc2c(c1)OCCO2)c1ccnc(Nc2ccc(F)c(F)c2)n1. The first-order valence-electron chi connectivity index (χ1n) is 8.34. The van der Waals surface area contributed by atoms with Crippen molar-refractivity contribution in [1.82, 2.24) is 9.97 Å². The smallest absolute Gasteiger partial charge is 0.274 e. The minimum absolute atomic E-state index is 0.0702. The van der Waals surface area contributed by atoms with Crippen molar-refractivity contribution in [3.05, 3.63) is 66.0 Å². The molecule has 0 bridgehead atoms. The number of nitrogens with zero attached hydrogens (tertiary/aromatic N) is 2. The molecule has 0 fully saturated rings. The van der Waals surface area contributed by atoms with Gasteiger partial charge in [0.25, 0.3) is 5.91 Å². The van der Waals surface area contributed by atoms with Crippen LogP contribution in [0.3, 0.4) is 0 Å². The lowest BCUT2D eigenvalue weighted by molar-refractivity contribution is 0.102. The molecule has 9 heteroatoms. The van der Waals surface area contributed by atoms with E-state index in [9.17, 15) is 13.6 Å². The fourth-order valence-corrected chi connectivity index (χ4v) is 2.56. The molecule has 0 radical (unpaired) electrons. The molecule has 0 atom stereocenters. The molecule has 142 valence electrons. The summed E-state index contributed by atoms with van der Waals surface area (Å²) in [5.74, 6) is -1.19. The van der Waals surface area contributed by atoms with Crippen molar-refractivity contribution in [3.63, 3.8) is 0 Å². The number of amides is 1. The maximum atomic E-state index is 13.3. The van der Waals surface area contributed by atoms with Crippen LogP contribution in [0.2, 0.25) is 0 Å². The molecular weight excluding hydrogens is 370 g/mol. The summed E-state index contributed by atoms with van der Waals surface area (Å²) in [6.45, 7) is 0.919. The lowest BCUT2D eigenvalue weighted by Gasteiger charge is -2.19. The van der Waals surface area contributed by atoms with Crippen LogP contribution in [0.25, 0.3) is 0 Å². The Kier molecular flexibility index (Phi) is 4.71. The number of halogens is 2. The molecule has 0 aliphatic carbocycles. The fourth-order valence-electron chi connectivity index (χ4n) is 2.56. The van der Waals surface area contributed by atoms with E-state index in [1.807, 2.05) is 0 Å². The van der Waals surface area contributed by atoms with Crippen LogP contribution in [0.1, 0.15) is 10.5 Å². The Morgan fingerprint density at radius 2 is 1.71 bits per heavy atom. The van der Waals surface area contributed by atoms with E-state index >= 15 is 0 Å². The van der Waals surface area contributed by atoms with Crippen molar-refractivity contribution in [2.24, 2.45) is 0 Å². The lowest BCUT2D eigenvalue weighted by atomic mass is 10.2. The molecule has 4 rings (SSSR count). The number of fused-ring (bicyclic) bond motifs is 1. The lowest BCUT2D eigenvalue weighted by Crippen LogP contribution is -2.17. The average Bonchev–Trinajstić information content (AvgIpc) is 2.71. The molecule has 0 spiro atoms. The van der Waals surface area contributed by atoms with Gasteiger partial charge in [-0.2, -0.15) is 0 Å². The summed E-state index contributed by atoms with van der Waals surface area (Å²) in [4.78, 5) is 20.6. The maximum absolute atomic E-state index is 13.3. The second kappa shape index (κ2) is 7.47. The van der Waals surface area contributed by atoms with Crippen LogP contribution in [0.5, 0.6) is 11.5 Å². The molecule has 3 aromatic rings. The summed E-state index contributed by atoms with van der Waals surface area (Å²) < 4.78 is 37.3. The highest BCUT2D eigenvalue weighted by Gasteiger charge is 2.14. The largest absolute Gasteiger partial charge is 0.486 e. The van der Waals surface area contributed by atoms with Gasteiger partial charge in [0.1, 0.15) is 18.9 Å². The molecular formula is C19H14F2N4O3. The number of rotatable bonds is 4. The Morgan fingerprint density at radius 3 is 2.54 bits per heavy atom. The normalized spacial score (nSPS) is 12.4. The average molecular weight is 384 g/mol. The number of hydrogen-bond donors (Lipinski definition) is 2. The maximum Gasteiger partial charge on any atom is 0.274 e. The Labute approximate surface area is 158 Å². The van der Waals surface area contributed by atoms with E-state index in [1.165, 1.54) is 18.3 Å². The molecule has 2 N–H and O–H groups in total. The number of aromatic nitrogens is 2. The van der Waals surface area contributed by atoms with Crippen LogP contribution in [-0.2, 0) is 0 Å². The summed E-state index contributed by atoms with van der Waals surface area (Å²) >= 11 is 0. The van der Waals surface area contributed by atoms with E-state index < -0.39 is 17.5 Å². The molecule has 0 unspecified atom stereocenters. The third-order valence-electron chi connectivity index (χ3n) is 3.86. The highest BCUT2D eigenvalue weighted by atomic mass is 19.2. The molecule has 1 aliphatic heterocycles. The highest BCUT2D eigenvalue weighted by Crippen LogP contribution is 2.32. The van der Waals surface area contributed by atoms with Crippen molar-refractivity contribution in [1.29, 1.82) is 0 Å². The number of hydrogen-bond acceptors (Lipinski definition) is 6. The van der Waals surface area contributed by atoms with E-state index in [0.29, 0.717) is 30.4 Å². The Bertz CT molecular complexity index is 1050. The highest BCUT2D eigenvalue weighted by molar-refractivity contribution is 6.03. The first kappa shape index (κ1) is 17.7. The van der Waals surface area contributed by atoms with E-state index in [1.54, 1.807) is 18.2 Å². The van der Waals surface area contributed by atoms with Gasteiger partial charge >= 0.3 is 0 Å². The number of benzene rings is 2. The third kappa shape index (κ3) is 3.83. The van der Waals surface area contributed by atoms with Gasteiger partial charge in [-0.25, -0.2) is 18.7 Å². The van der Waals surface area contributed by atoms with Crippen LogP contribution >= 0.6 is 0 Å². The van der Waals surface area contributed by atoms with E-state index in [2.05, 4.69) is 20.6 Å². The number of nitrogens with one attached hydrogen (secondary N) is 2. The number of ether oxygens (including phenoxy) is 2. The molecule has 0 saturated carbocycles. The zero-order valence-electron chi connectivity index (χ0n) is 14.4. The van der Waals surface area contributed by atoms with Crippen molar-refractivity contribution in [3.8, 4) is 11.5 Å². The van der Waals surface area contributed by atoms with Gasteiger partial charge in [-0.1, -0.05) is 0 Å². The van der Waals surface area contributed by atoms with Gasteiger partial charge < -0.3 is 20.1 Å². The minimum Gasteiger partial charge on any atom is -0.486 e. The van der Waals surface area contributed by atoms with E-state index in [0.717, 1.165) is 12.1 Å². The summed E-state index contributed by atoms with van der Waals surface area (Å²) in [6, 6.07) is 9.78. The molecule has 2 heterocycles. The van der Waals surface area contributed by atoms with Gasteiger partial charge in [-0.15, -0.1) is 0 Å². The number of carbonyl (C=O) groups excluding carboxylic acids is 1. The monoisotopic (exact) mass is 384 g/mol.